The number of hydrogen-bond acceptors (Lipinski definition) is 9. The van der Waals surface area contributed by atoms with Gasteiger partial charge in [-0.2, -0.15) is 0 Å². The van der Waals surface area contributed by atoms with Gasteiger partial charge in [-0.25, -0.2) is 17.8 Å². The Kier molecular flexibility index (Phi) is 7.09. The lowest BCUT2D eigenvalue weighted by Crippen LogP contribution is -2.32. The lowest BCUT2D eigenvalue weighted by molar-refractivity contribution is 0.429. The van der Waals surface area contributed by atoms with E-state index >= 15 is 0 Å². The van der Waals surface area contributed by atoms with E-state index in [1.165, 1.54) is 24.3 Å². The summed E-state index contributed by atoms with van der Waals surface area (Å²) >= 11 is 1.15. The molecule has 37 heavy (non-hydrogen) atoms. The molecule has 2 aromatic heterocycles. The molecule has 0 saturated heterocycles. The molecule has 0 amide bonds. The quantitative estimate of drug-likeness (QED) is 0.304. The van der Waals surface area contributed by atoms with Gasteiger partial charge in [0, 0.05) is 6.21 Å². The highest BCUT2D eigenvalue weighted by molar-refractivity contribution is 7.93. The molecule has 0 aliphatic heterocycles. The molecular formula is C24H24N6O5S2. The molecule has 192 valence electrons. The summed E-state index contributed by atoms with van der Waals surface area (Å²) in [7, 11) is -3.88. The van der Waals surface area contributed by atoms with Crippen LogP contribution in [0, 0.1) is 20.8 Å². The predicted octanol–water partition coefficient (Wildman–Crippen LogP) is 3.12. The summed E-state index contributed by atoms with van der Waals surface area (Å²) in [5.41, 5.74) is 1.46. The van der Waals surface area contributed by atoms with Crippen molar-refractivity contribution in [1.82, 2.24) is 19.7 Å². The Morgan fingerprint density at radius 1 is 1.11 bits per heavy atom. The van der Waals surface area contributed by atoms with Crippen LogP contribution in [-0.4, -0.2) is 39.5 Å². The first-order valence-electron chi connectivity index (χ1n) is 11.2. The van der Waals surface area contributed by atoms with Gasteiger partial charge < -0.3 is 5.11 Å². The molecule has 11 nitrogen and oxygen atoms in total. The van der Waals surface area contributed by atoms with Crippen molar-refractivity contribution < 1.29 is 13.5 Å². The van der Waals surface area contributed by atoms with Crippen molar-refractivity contribution in [2.45, 2.75) is 39.0 Å². The van der Waals surface area contributed by atoms with E-state index in [2.05, 4.69) is 24.9 Å². The van der Waals surface area contributed by atoms with Crippen LogP contribution >= 0.6 is 11.3 Å². The third-order valence-corrected chi connectivity index (χ3v) is 7.93. The molecule has 0 aliphatic rings. The molecule has 0 radical (unpaired) electrons. The second kappa shape index (κ2) is 10.1. The first-order valence-corrected chi connectivity index (χ1v) is 13.5. The van der Waals surface area contributed by atoms with E-state index in [-0.39, 0.29) is 15.6 Å². The second-order valence-electron chi connectivity index (χ2n) is 8.29. The Balaban J connectivity index is 1.64. The smallest absolute Gasteiger partial charge is 0.335 e. The summed E-state index contributed by atoms with van der Waals surface area (Å²) < 4.78 is 28.7. The van der Waals surface area contributed by atoms with Gasteiger partial charge in [0.1, 0.15) is 10.6 Å². The average Bonchev–Trinajstić information content (AvgIpc) is 3.27. The van der Waals surface area contributed by atoms with Crippen LogP contribution in [0.25, 0.3) is 5.69 Å². The van der Waals surface area contributed by atoms with Gasteiger partial charge in [-0.3, -0.25) is 19.5 Å². The fourth-order valence-electron chi connectivity index (χ4n) is 3.85. The number of nitrogens with zero attached hydrogens (tertiary/aromatic N) is 4. The van der Waals surface area contributed by atoms with Crippen molar-refractivity contribution in [3.05, 3.63) is 84.5 Å². The van der Waals surface area contributed by atoms with Gasteiger partial charge in [-0.05, 0) is 62.6 Å². The molecule has 0 bridgehead atoms. The Labute approximate surface area is 216 Å². The van der Waals surface area contributed by atoms with Crippen LogP contribution in [0.2, 0.25) is 0 Å². The van der Waals surface area contributed by atoms with Crippen LogP contribution in [0.3, 0.4) is 0 Å². The van der Waals surface area contributed by atoms with E-state index in [1.807, 2.05) is 26.0 Å². The average molecular weight is 541 g/mol. The Hall–Kier alpha value is -4.10. The van der Waals surface area contributed by atoms with Gasteiger partial charge in [-0.15, -0.1) is 10.2 Å². The molecule has 2 heterocycles. The third-order valence-electron chi connectivity index (χ3n) is 5.46. The highest BCUT2D eigenvalue weighted by Gasteiger charge is 2.19. The molecule has 4 rings (SSSR count). The van der Waals surface area contributed by atoms with Crippen LogP contribution in [-0.2, 0) is 16.4 Å². The van der Waals surface area contributed by atoms with Crippen molar-refractivity contribution in [3.63, 3.8) is 0 Å². The number of rotatable bonds is 7. The number of aromatic amines is 1. The first-order chi connectivity index (χ1) is 17.5. The maximum absolute atomic E-state index is 12.6. The zero-order valence-corrected chi connectivity index (χ0v) is 22.1. The number of anilines is 1. The van der Waals surface area contributed by atoms with E-state index < -0.39 is 27.2 Å². The van der Waals surface area contributed by atoms with Crippen molar-refractivity contribution in [1.29, 1.82) is 0 Å². The molecule has 0 atom stereocenters. The maximum atomic E-state index is 12.6. The summed E-state index contributed by atoms with van der Waals surface area (Å²) in [4.78, 5) is 31.4. The second-order valence-corrected chi connectivity index (χ2v) is 11.0. The Morgan fingerprint density at radius 2 is 1.76 bits per heavy atom. The molecule has 0 fully saturated rings. The standard InChI is InChI=1S/C24H24N6O5S2/c1-5-19-27-28-23(36-19)29-37(34,35)17-8-6-16(7-9-17)25-12-18-21(31)26-24(33)30(22(18)32)20-14(3)10-13(2)11-15(20)4/h6-12,32H,5H2,1-4H3,(H,28,29)(H,26,31,33). The largest absolute Gasteiger partial charge is 0.493 e. The molecule has 0 saturated carbocycles. The van der Waals surface area contributed by atoms with E-state index in [0.717, 1.165) is 38.8 Å². The summed E-state index contributed by atoms with van der Waals surface area (Å²) in [6.45, 7) is 7.42. The fourth-order valence-corrected chi connectivity index (χ4v) is 5.76. The lowest BCUT2D eigenvalue weighted by atomic mass is 10.0. The third kappa shape index (κ3) is 5.37. The Bertz CT molecular complexity index is 1710. The monoisotopic (exact) mass is 540 g/mol. The SMILES string of the molecule is CCc1nnc(NS(=O)(=O)c2ccc(N=Cc3c(O)n(-c4c(C)cc(C)cc4C)c(=O)[nH]c3=O)cc2)s1. The molecule has 2 aromatic carbocycles. The van der Waals surface area contributed by atoms with E-state index in [4.69, 9.17) is 0 Å². The van der Waals surface area contributed by atoms with E-state index in [9.17, 15) is 23.1 Å². The van der Waals surface area contributed by atoms with Gasteiger partial charge >= 0.3 is 5.69 Å². The molecular weight excluding hydrogens is 516 g/mol. The number of H-pyrrole nitrogens is 1. The normalized spacial score (nSPS) is 11.8. The van der Waals surface area contributed by atoms with Gasteiger partial charge in [0.2, 0.25) is 11.0 Å². The van der Waals surface area contributed by atoms with Gasteiger partial charge in [-0.1, -0.05) is 36.0 Å². The molecule has 13 heteroatoms. The van der Waals surface area contributed by atoms with Gasteiger partial charge in [0.25, 0.3) is 15.6 Å². The van der Waals surface area contributed by atoms with E-state index in [1.54, 1.807) is 13.8 Å². The number of aliphatic imine (C=N–C) groups is 1. The molecule has 0 spiro atoms. The lowest BCUT2D eigenvalue weighted by Gasteiger charge is -2.15. The Morgan fingerprint density at radius 3 is 2.35 bits per heavy atom. The fraction of sp³-hybridized carbons (Fsp3) is 0.208. The van der Waals surface area contributed by atoms with Crippen molar-refractivity contribution in [2.75, 3.05) is 4.72 Å². The highest BCUT2D eigenvalue weighted by Crippen LogP contribution is 2.25. The zero-order valence-electron chi connectivity index (χ0n) is 20.4. The number of aryl methyl sites for hydroxylation is 4. The minimum atomic E-state index is -3.88. The first kappa shape index (κ1) is 26.0. The maximum Gasteiger partial charge on any atom is 0.335 e. The molecule has 3 N–H and O–H groups in total. The van der Waals surface area contributed by atoms with Gasteiger partial charge in [0.15, 0.2) is 0 Å². The number of nitrogens with one attached hydrogen (secondary N) is 2. The van der Waals surface area contributed by atoms with Crippen LogP contribution < -0.4 is 16.0 Å². The van der Waals surface area contributed by atoms with Crippen LogP contribution in [0.5, 0.6) is 5.88 Å². The molecule has 0 aliphatic carbocycles. The van der Waals surface area contributed by atoms with Crippen molar-refractivity contribution in [2.24, 2.45) is 4.99 Å². The summed E-state index contributed by atoms with van der Waals surface area (Å²) in [6, 6.07) is 9.31. The number of aromatic hydroxyl groups is 1. The topological polar surface area (TPSA) is 159 Å². The van der Waals surface area contributed by atoms with Crippen LogP contribution in [0.15, 0.2) is 55.9 Å². The van der Waals surface area contributed by atoms with E-state index in [0.29, 0.717) is 22.8 Å². The van der Waals surface area contributed by atoms with Crippen LogP contribution in [0.1, 0.15) is 34.2 Å². The minimum Gasteiger partial charge on any atom is -0.493 e. The van der Waals surface area contributed by atoms with Crippen molar-refractivity contribution in [3.8, 4) is 11.6 Å². The summed E-state index contributed by atoms with van der Waals surface area (Å²) in [5, 5.41) is 19.5. The highest BCUT2D eigenvalue weighted by atomic mass is 32.2. The predicted molar refractivity (Wildman–Crippen MR) is 142 cm³/mol. The summed E-state index contributed by atoms with van der Waals surface area (Å²) in [5.74, 6) is -0.556. The van der Waals surface area contributed by atoms with Gasteiger partial charge in [0.05, 0.1) is 16.3 Å². The van der Waals surface area contributed by atoms with Crippen molar-refractivity contribution >= 4 is 38.4 Å². The minimum absolute atomic E-state index is 0.0146. The number of sulfonamides is 1. The molecule has 0 unspecified atom stereocenters. The number of aromatic nitrogens is 4. The summed E-state index contributed by atoms with van der Waals surface area (Å²) in [6.07, 6.45) is 1.77. The zero-order chi connectivity index (χ0) is 26.9. The molecule has 4 aromatic rings. The van der Waals surface area contributed by atoms with Crippen LogP contribution in [0.4, 0.5) is 10.8 Å². The number of hydrogen-bond donors (Lipinski definition) is 3. The number of benzene rings is 2.